The number of nitrogens with one attached hydrogen (secondary N) is 1. The first kappa shape index (κ1) is 24.6. The Balaban J connectivity index is 1.49. The highest BCUT2D eigenvalue weighted by Crippen LogP contribution is 2.29. The topological polar surface area (TPSA) is 81.4 Å². The average molecular weight is 504 g/mol. The monoisotopic (exact) mass is 503 g/mol. The van der Waals surface area contributed by atoms with E-state index >= 15 is 0 Å². The Morgan fingerprint density at radius 1 is 1.03 bits per heavy atom. The molecule has 4 aromatic rings. The van der Waals surface area contributed by atoms with E-state index < -0.39 is 0 Å². The summed E-state index contributed by atoms with van der Waals surface area (Å²) in [5.41, 5.74) is 6.47. The summed E-state index contributed by atoms with van der Waals surface area (Å²) in [5.74, 6) is 1.37. The van der Waals surface area contributed by atoms with Gasteiger partial charge in [0, 0.05) is 16.1 Å². The molecule has 35 heavy (non-hydrogen) atoms. The molecule has 3 aromatic carbocycles. The molecule has 0 radical (unpaired) electrons. The summed E-state index contributed by atoms with van der Waals surface area (Å²) < 4.78 is 7.23. The molecular formula is C26H25N5O2S2. The molecule has 0 saturated carbocycles. The molecule has 7 nitrogen and oxygen atoms in total. The lowest BCUT2D eigenvalue weighted by molar-refractivity contribution is -0.118. The molecule has 0 saturated heterocycles. The van der Waals surface area contributed by atoms with Crippen LogP contribution in [0.15, 0.2) is 87.9 Å². The van der Waals surface area contributed by atoms with Gasteiger partial charge in [0.1, 0.15) is 5.75 Å². The Morgan fingerprint density at radius 2 is 1.74 bits per heavy atom. The highest BCUT2D eigenvalue weighted by Gasteiger charge is 2.17. The zero-order chi connectivity index (χ0) is 24.6. The third kappa shape index (κ3) is 6.32. The van der Waals surface area contributed by atoms with E-state index in [0.717, 1.165) is 28.1 Å². The van der Waals surface area contributed by atoms with Gasteiger partial charge in [-0.2, -0.15) is 5.10 Å². The summed E-state index contributed by atoms with van der Waals surface area (Å²) in [7, 11) is 1.63. The van der Waals surface area contributed by atoms with E-state index in [1.165, 1.54) is 16.7 Å². The largest absolute Gasteiger partial charge is 0.497 e. The first-order valence-corrected chi connectivity index (χ1v) is 13.0. The number of methoxy groups -OCH3 is 1. The molecule has 1 heterocycles. The molecule has 0 fully saturated rings. The first-order valence-electron chi connectivity index (χ1n) is 10.8. The summed E-state index contributed by atoms with van der Waals surface area (Å²) in [6.07, 6.45) is 3.65. The molecule has 0 atom stereocenters. The van der Waals surface area contributed by atoms with Crippen LogP contribution in [0.2, 0.25) is 0 Å². The average Bonchev–Trinajstić information content (AvgIpc) is 3.32. The van der Waals surface area contributed by atoms with Gasteiger partial charge in [0.05, 0.1) is 19.1 Å². The van der Waals surface area contributed by atoms with Crippen LogP contribution < -0.4 is 10.2 Å². The minimum atomic E-state index is -0.229. The predicted molar refractivity (Wildman–Crippen MR) is 143 cm³/mol. The summed E-state index contributed by atoms with van der Waals surface area (Å²) in [4.78, 5) is 13.6. The van der Waals surface area contributed by atoms with E-state index in [1.54, 1.807) is 25.1 Å². The third-order valence-electron chi connectivity index (χ3n) is 5.12. The number of hydrogen-bond donors (Lipinski definition) is 1. The number of hydrazone groups is 1. The fraction of sp³-hybridized carbons (Fsp3) is 0.154. The van der Waals surface area contributed by atoms with Gasteiger partial charge < -0.3 is 4.74 Å². The fourth-order valence-corrected chi connectivity index (χ4v) is 4.40. The van der Waals surface area contributed by atoms with Crippen LogP contribution in [0.25, 0.3) is 17.1 Å². The quantitative estimate of drug-likeness (QED) is 0.192. The zero-order valence-electron chi connectivity index (χ0n) is 19.6. The standard InChI is InChI=1S/C26H25N5O2S2/c1-18-4-8-20(9-5-18)25-29-30-26(31(25)21-10-12-22(33-2)13-11-21)35-17-24(32)28-27-16-19-6-14-23(34-3)15-7-19/h4-16H,17H2,1-3H3,(H,28,32)/b27-16+. The van der Waals surface area contributed by atoms with Crippen LogP contribution in [-0.4, -0.2) is 46.0 Å². The summed E-state index contributed by atoms with van der Waals surface area (Å²) >= 11 is 2.98. The van der Waals surface area contributed by atoms with Crippen LogP contribution >= 0.6 is 23.5 Å². The van der Waals surface area contributed by atoms with Crippen molar-refractivity contribution in [1.82, 2.24) is 20.2 Å². The number of carbonyl (C=O) groups excluding carboxylic acids is 1. The van der Waals surface area contributed by atoms with Crippen molar-refractivity contribution in [3.63, 3.8) is 0 Å². The second kappa shape index (κ2) is 11.7. The Labute approximate surface area is 213 Å². The molecular weight excluding hydrogens is 478 g/mol. The minimum Gasteiger partial charge on any atom is -0.497 e. The van der Waals surface area contributed by atoms with Gasteiger partial charge in [-0.25, -0.2) is 5.43 Å². The van der Waals surface area contributed by atoms with Gasteiger partial charge >= 0.3 is 0 Å². The Morgan fingerprint density at radius 3 is 2.40 bits per heavy atom. The maximum atomic E-state index is 12.4. The normalized spacial score (nSPS) is 11.1. The number of carbonyl (C=O) groups is 1. The smallest absolute Gasteiger partial charge is 0.250 e. The second-order valence-electron chi connectivity index (χ2n) is 7.56. The summed E-state index contributed by atoms with van der Waals surface area (Å²) in [5, 5.41) is 13.5. The molecule has 9 heteroatoms. The van der Waals surface area contributed by atoms with Crippen molar-refractivity contribution in [2.75, 3.05) is 19.1 Å². The number of aromatic nitrogens is 3. The van der Waals surface area contributed by atoms with Crippen molar-refractivity contribution in [2.45, 2.75) is 17.0 Å². The van der Waals surface area contributed by atoms with Gasteiger partial charge in [-0.3, -0.25) is 9.36 Å². The maximum absolute atomic E-state index is 12.4. The third-order valence-corrected chi connectivity index (χ3v) is 6.80. The highest BCUT2D eigenvalue weighted by atomic mass is 32.2. The number of ether oxygens (including phenoxy) is 1. The lowest BCUT2D eigenvalue weighted by atomic mass is 10.1. The van der Waals surface area contributed by atoms with Crippen molar-refractivity contribution in [1.29, 1.82) is 0 Å². The molecule has 0 bridgehead atoms. The molecule has 0 unspecified atom stereocenters. The van der Waals surface area contributed by atoms with Gasteiger partial charge in [-0.15, -0.1) is 22.0 Å². The van der Waals surface area contributed by atoms with Gasteiger partial charge in [0.15, 0.2) is 11.0 Å². The molecule has 1 N–H and O–H groups in total. The van der Waals surface area contributed by atoms with E-state index in [4.69, 9.17) is 4.74 Å². The minimum absolute atomic E-state index is 0.144. The predicted octanol–water partition coefficient (Wildman–Crippen LogP) is 5.22. The molecule has 4 rings (SSSR count). The van der Waals surface area contributed by atoms with E-state index in [-0.39, 0.29) is 11.7 Å². The molecule has 178 valence electrons. The summed E-state index contributed by atoms with van der Waals surface area (Å²) in [6, 6.07) is 23.7. The van der Waals surface area contributed by atoms with Crippen LogP contribution in [0.3, 0.4) is 0 Å². The Bertz CT molecular complexity index is 1300. The van der Waals surface area contributed by atoms with Gasteiger partial charge in [-0.05, 0) is 55.1 Å². The van der Waals surface area contributed by atoms with E-state index in [2.05, 4.69) is 20.7 Å². The van der Waals surface area contributed by atoms with E-state index in [9.17, 15) is 4.79 Å². The molecule has 1 aromatic heterocycles. The number of nitrogens with zero attached hydrogens (tertiary/aromatic N) is 4. The van der Waals surface area contributed by atoms with Gasteiger partial charge in [0.2, 0.25) is 0 Å². The molecule has 0 spiro atoms. The van der Waals surface area contributed by atoms with E-state index in [1.807, 2.05) is 90.5 Å². The van der Waals surface area contributed by atoms with Crippen LogP contribution in [0.5, 0.6) is 5.75 Å². The number of aryl methyl sites for hydroxylation is 1. The Kier molecular flexibility index (Phi) is 8.23. The van der Waals surface area contributed by atoms with Gasteiger partial charge in [-0.1, -0.05) is 53.7 Å². The Hall–Kier alpha value is -3.56. The van der Waals surface area contributed by atoms with Crippen LogP contribution in [0.1, 0.15) is 11.1 Å². The van der Waals surface area contributed by atoms with Gasteiger partial charge in [0.25, 0.3) is 5.91 Å². The number of rotatable bonds is 9. The second-order valence-corrected chi connectivity index (χ2v) is 9.38. The van der Waals surface area contributed by atoms with Crippen LogP contribution in [0, 0.1) is 6.92 Å². The number of benzene rings is 3. The number of thioether (sulfide) groups is 2. The van der Waals surface area contributed by atoms with Crippen molar-refractivity contribution >= 4 is 35.6 Å². The van der Waals surface area contributed by atoms with Crippen molar-refractivity contribution in [2.24, 2.45) is 5.10 Å². The maximum Gasteiger partial charge on any atom is 0.250 e. The fourth-order valence-electron chi connectivity index (χ4n) is 3.25. The summed E-state index contributed by atoms with van der Waals surface area (Å²) in [6.45, 7) is 2.04. The van der Waals surface area contributed by atoms with Crippen molar-refractivity contribution in [3.05, 3.63) is 83.9 Å². The zero-order valence-corrected chi connectivity index (χ0v) is 21.3. The molecule has 0 aliphatic heterocycles. The number of hydrogen-bond acceptors (Lipinski definition) is 7. The van der Waals surface area contributed by atoms with Crippen molar-refractivity contribution in [3.8, 4) is 22.8 Å². The lowest BCUT2D eigenvalue weighted by Gasteiger charge is -2.11. The lowest BCUT2D eigenvalue weighted by Crippen LogP contribution is -2.20. The van der Waals surface area contributed by atoms with Crippen LogP contribution in [0.4, 0.5) is 0 Å². The number of amides is 1. The van der Waals surface area contributed by atoms with Crippen molar-refractivity contribution < 1.29 is 9.53 Å². The molecule has 0 aliphatic rings. The van der Waals surface area contributed by atoms with E-state index in [0.29, 0.717) is 11.0 Å². The molecule has 1 amide bonds. The first-order chi connectivity index (χ1) is 17.1. The SMILES string of the molecule is COc1ccc(-n2c(SCC(=O)N/N=C/c3ccc(SC)cc3)nnc2-c2ccc(C)cc2)cc1. The van der Waals surface area contributed by atoms with Crippen LogP contribution in [-0.2, 0) is 4.79 Å². The molecule has 0 aliphatic carbocycles. The highest BCUT2D eigenvalue weighted by molar-refractivity contribution is 7.99.